The van der Waals surface area contributed by atoms with Gasteiger partial charge >= 0.3 is 0 Å². The van der Waals surface area contributed by atoms with Crippen LogP contribution in [-0.4, -0.2) is 0 Å². The average Bonchev–Trinajstić information content (AvgIpc) is 3.40. The van der Waals surface area contributed by atoms with Crippen molar-refractivity contribution in [3.05, 3.63) is 199 Å². The van der Waals surface area contributed by atoms with Crippen LogP contribution in [0, 0.1) is 0 Å². The van der Waals surface area contributed by atoms with Crippen LogP contribution in [0.1, 0.15) is 25.0 Å². The lowest BCUT2D eigenvalue weighted by Gasteiger charge is -2.30. The molecule has 1 heteroatoms. The van der Waals surface area contributed by atoms with Crippen LogP contribution < -0.4 is 4.90 Å². The molecule has 238 valence electrons. The van der Waals surface area contributed by atoms with Gasteiger partial charge in [-0.1, -0.05) is 159 Å². The molecule has 1 nitrogen and oxygen atoms in total. The highest BCUT2D eigenvalue weighted by Gasteiger charge is 2.36. The van der Waals surface area contributed by atoms with Crippen LogP contribution in [0.3, 0.4) is 0 Å². The molecular weight excluding hydrogens is 603 g/mol. The van der Waals surface area contributed by atoms with E-state index in [1.54, 1.807) is 0 Å². The Hall–Kier alpha value is -6.18. The number of benzene rings is 8. The number of anilines is 3. The monoisotopic (exact) mass is 639 g/mol. The topological polar surface area (TPSA) is 3.24 Å². The molecule has 0 saturated carbocycles. The highest BCUT2D eigenvalue weighted by atomic mass is 15.1. The van der Waals surface area contributed by atoms with Crippen LogP contribution >= 0.6 is 0 Å². The number of hydrogen-bond donors (Lipinski definition) is 0. The zero-order valence-electron chi connectivity index (χ0n) is 28.3. The molecule has 8 aromatic carbocycles. The van der Waals surface area contributed by atoms with E-state index < -0.39 is 0 Å². The fourth-order valence-corrected chi connectivity index (χ4v) is 7.89. The van der Waals surface area contributed by atoms with Crippen molar-refractivity contribution in [2.24, 2.45) is 0 Å². The molecule has 0 saturated heterocycles. The van der Waals surface area contributed by atoms with E-state index in [9.17, 15) is 0 Å². The summed E-state index contributed by atoms with van der Waals surface area (Å²) in [6.07, 6.45) is 0. The fourth-order valence-electron chi connectivity index (χ4n) is 7.89. The predicted octanol–water partition coefficient (Wildman–Crippen LogP) is 13.6. The van der Waals surface area contributed by atoms with E-state index in [0.717, 1.165) is 17.1 Å². The fraction of sp³-hybridized carbons (Fsp3) is 0.0612. The molecule has 0 heterocycles. The number of fused-ring (bicyclic) bond motifs is 4. The van der Waals surface area contributed by atoms with Crippen LogP contribution in [0.15, 0.2) is 188 Å². The van der Waals surface area contributed by atoms with Gasteiger partial charge in [-0.05, 0) is 103 Å². The van der Waals surface area contributed by atoms with Crippen molar-refractivity contribution in [2.45, 2.75) is 19.3 Å². The van der Waals surface area contributed by atoms with Crippen molar-refractivity contribution in [1.82, 2.24) is 0 Å². The molecule has 50 heavy (non-hydrogen) atoms. The van der Waals surface area contributed by atoms with Crippen LogP contribution in [0.2, 0.25) is 0 Å². The van der Waals surface area contributed by atoms with E-state index in [0.29, 0.717) is 0 Å². The Bertz CT molecular complexity index is 2490. The summed E-state index contributed by atoms with van der Waals surface area (Å²) >= 11 is 0. The van der Waals surface area contributed by atoms with Gasteiger partial charge in [0.1, 0.15) is 0 Å². The van der Waals surface area contributed by atoms with Gasteiger partial charge in [0.2, 0.25) is 0 Å². The lowest BCUT2D eigenvalue weighted by Crippen LogP contribution is -2.17. The summed E-state index contributed by atoms with van der Waals surface area (Å²) < 4.78 is 0. The summed E-state index contributed by atoms with van der Waals surface area (Å²) in [5, 5.41) is 2.57. The van der Waals surface area contributed by atoms with Gasteiger partial charge in [0.05, 0.1) is 5.69 Å². The second-order valence-corrected chi connectivity index (χ2v) is 13.8. The van der Waals surface area contributed by atoms with Crippen LogP contribution in [-0.2, 0) is 5.41 Å². The minimum Gasteiger partial charge on any atom is -0.310 e. The average molecular weight is 640 g/mol. The first-order valence-electron chi connectivity index (χ1n) is 17.4. The third-order valence-corrected chi connectivity index (χ3v) is 10.5. The summed E-state index contributed by atoms with van der Waals surface area (Å²) in [4.78, 5) is 2.45. The Morgan fingerprint density at radius 1 is 0.340 bits per heavy atom. The molecule has 0 amide bonds. The summed E-state index contributed by atoms with van der Waals surface area (Å²) in [5.74, 6) is 0. The molecule has 9 rings (SSSR count). The van der Waals surface area contributed by atoms with Crippen molar-refractivity contribution >= 4 is 27.8 Å². The number of rotatable bonds is 6. The summed E-state index contributed by atoms with van der Waals surface area (Å²) in [6, 6.07) is 68.6. The Labute approximate surface area is 294 Å². The first-order chi connectivity index (χ1) is 24.6. The molecule has 1 aliphatic rings. The Balaban J connectivity index is 1.24. The van der Waals surface area contributed by atoms with E-state index in [1.807, 2.05) is 0 Å². The minimum atomic E-state index is -0.146. The Kier molecular flexibility index (Phi) is 7.21. The van der Waals surface area contributed by atoms with E-state index in [4.69, 9.17) is 0 Å². The van der Waals surface area contributed by atoms with Gasteiger partial charge in [-0.2, -0.15) is 0 Å². The molecule has 0 bridgehead atoms. The lowest BCUT2D eigenvalue weighted by atomic mass is 9.81. The largest absolute Gasteiger partial charge is 0.310 e. The Morgan fingerprint density at radius 3 is 1.58 bits per heavy atom. The lowest BCUT2D eigenvalue weighted by molar-refractivity contribution is 0.661. The second kappa shape index (κ2) is 12.1. The molecule has 0 unspecified atom stereocenters. The third kappa shape index (κ3) is 5.02. The molecule has 8 aromatic rings. The van der Waals surface area contributed by atoms with Gasteiger partial charge in [-0.25, -0.2) is 0 Å². The van der Waals surface area contributed by atoms with Crippen LogP contribution in [0.5, 0.6) is 0 Å². The molecule has 0 aromatic heterocycles. The van der Waals surface area contributed by atoms with Crippen molar-refractivity contribution in [2.75, 3.05) is 4.90 Å². The van der Waals surface area contributed by atoms with Crippen molar-refractivity contribution in [3.8, 4) is 44.5 Å². The zero-order valence-corrected chi connectivity index (χ0v) is 28.3. The van der Waals surface area contributed by atoms with Gasteiger partial charge < -0.3 is 4.90 Å². The molecule has 0 fully saturated rings. The van der Waals surface area contributed by atoms with Gasteiger partial charge in [0, 0.05) is 22.4 Å². The summed E-state index contributed by atoms with van der Waals surface area (Å²) in [6.45, 7) is 4.75. The van der Waals surface area contributed by atoms with Crippen molar-refractivity contribution < 1.29 is 0 Å². The highest BCUT2D eigenvalue weighted by molar-refractivity contribution is 5.97. The van der Waals surface area contributed by atoms with Crippen LogP contribution in [0.4, 0.5) is 17.1 Å². The molecule has 0 aliphatic heterocycles. The van der Waals surface area contributed by atoms with Gasteiger partial charge in [-0.15, -0.1) is 0 Å². The molecule has 0 N–H and O–H groups in total. The predicted molar refractivity (Wildman–Crippen MR) is 213 cm³/mol. The van der Waals surface area contributed by atoms with Crippen LogP contribution in [0.25, 0.3) is 55.3 Å². The van der Waals surface area contributed by atoms with Crippen molar-refractivity contribution in [3.63, 3.8) is 0 Å². The minimum absolute atomic E-state index is 0.146. The number of nitrogens with zero attached hydrogens (tertiary/aromatic N) is 1. The van der Waals surface area contributed by atoms with E-state index >= 15 is 0 Å². The maximum Gasteiger partial charge on any atom is 0.0540 e. The van der Waals surface area contributed by atoms with E-state index in [1.165, 1.54) is 66.4 Å². The van der Waals surface area contributed by atoms with E-state index in [-0.39, 0.29) is 5.41 Å². The molecule has 0 spiro atoms. The first-order valence-corrected chi connectivity index (χ1v) is 17.4. The maximum atomic E-state index is 2.45. The zero-order chi connectivity index (χ0) is 33.7. The smallest absolute Gasteiger partial charge is 0.0540 e. The van der Waals surface area contributed by atoms with Crippen molar-refractivity contribution in [1.29, 1.82) is 0 Å². The molecule has 0 atom stereocenters. The maximum absolute atomic E-state index is 2.45. The normalized spacial score (nSPS) is 12.8. The molecule has 0 radical (unpaired) electrons. The standard InChI is InChI=1S/C49H37N/c1-49(2)46-32-38-20-10-9-19-37(38)31-45(46)43-30-29-40(33-47(43)49)50(39-27-25-35(26-28-39)34-15-5-3-6-16-34)48-24-14-13-23-44(48)42-22-12-11-21-41(42)36-17-7-4-8-18-36/h3-33H,1-2H3. The second-order valence-electron chi connectivity index (χ2n) is 13.8. The highest BCUT2D eigenvalue weighted by Crippen LogP contribution is 2.52. The van der Waals surface area contributed by atoms with Gasteiger partial charge in [0.15, 0.2) is 0 Å². The number of para-hydroxylation sites is 1. The van der Waals surface area contributed by atoms with Gasteiger partial charge in [-0.3, -0.25) is 0 Å². The summed E-state index contributed by atoms with van der Waals surface area (Å²) in [7, 11) is 0. The molecule has 1 aliphatic carbocycles. The Morgan fingerprint density at radius 2 is 0.860 bits per heavy atom. The quantitative estimate of drug-likeness (QED) is 0.175. The number of hydrogen-bond acceptors (Lipinski definition) is 1. The van der Waals surface area contributed by atoms with E-state index in [2.05, 4.69) is 207 Å². The summed E-state index contributed by atoms with van der Waals surface area (Å²) in [5.41, 5.74) is 15.9. The van der Waals surface area contributed by atoms with Gasteiger partial charge in [0.25, 0.3) is 0 Å². The SMILES string of the molecule is CC1(C)c2cc(N(c3ccc(-c4ccccc4)cc3)c3ccccc3-c3ccccc3-c3ccccc3)ccc2-c2cc3ccccc3cc21. The molecular formula is C49H37N. The third-order valence-electron chi connectivity index (χ3n) is 10.5. The first kappa shape index (κ1) is 29.9.